The summed E-state index contributed by atoms with van der Waals surface area (Å²) in [5, 5.41) is 13.8. The highest BCUT2D eigenvalue weighted by atomic mass is 32.1. The summed E-state index contributed by atoms with van der Waals surface area (Å²) in [6, 6.07) is 19.4. The first-order valence-electron chi connectivity index (χ1n) is 7.07. The van der Waals surface area contributed by atoms with E-state index in [2.05, 4.69) is 20.8 Å². The lowest BCUT2D eigenvalue weighted by Gasteiger charge is -2.08. The van der Waals surface area contributed by atoms with Crippen molar-refractivity contribution in [2.45, 2.75) is 0 Å². The summed E-state index contributed by atoms with van der Waals surface area (Å²) in [5.74, 6) is 1.46. The molecule has 0 bridgehead atoms. The molecule has 3 N–H and O–H groups in total. The van der Waals surface area contributed by atoms with Crippen LogP contribution >= 0.6 is 12.2 Å². The molecule has 0 aliphatic rings. The minimum Gasteiger partial charge on any atom is -0.497 e. The maximum atomic E-state index is 5.30. The molecule has 2 aromatic carbocycles. The molecule has 0 atom stereocenters. The van der Waals surface area contributed by atoms with Crippen molar-refractivity contribution in [3.05, 3.63) is 60.7 Å². The molecular formula is C17H16N4OS. The van der Waals surface area contributed by atoms with Crippen LogP contribution in [0.5, 0.6) is 5.75 Å². The van der Waals surface area contributed by atoms with Gasteiger partial charge in [0.2, 0.25) is 0 Å². The first-order chi connectivity index (χ1) is 11.2. The average Bonchev–Trinajstić information content (AvgIpc) is 3.04. The number of anilines is 2. The Kier molecular flexibility index (Phi) is 4.54. The zero-order valence-corrected chi connectivity index (χ0v) is 13.4. The Bertz CT molecular complexity index is 784. The summed E-state index contributed by atoms with van der Waals surface area (Å²) in [6.45, 7) is 0. The van der Waals surface area contributed by atoms with Crippen LogP contribution in [0, 0.1) is 0 Å². The van der Waals surface area contributed by atoms with Gasteiger partial charge in [-0.1, -0.05) is 30.3 Å². The van der Waals surface area contributed by atoms with Crippen LogP contribution in [0.3, 0.4) is 0 Å². The number of hydrogen-bond donors (Lipinski definition) is 3. The number of benzene rings is 2. The van der Waals surface area contributed by atoms with E-state index in [9.17, 15) is 0 Å². The molecule has 0 saturated carbocycles. The number of H-pyrrole nitrogens is 1. The average molecular weight is 324 g/mol. The molecule has 0 aliphatic heterocycles. The number of nitrogens with zero attached hydrogens (tertiary/aromatic N) is 1. The van der Waals surface area contributed by atoms with E-state index in [4.69, 9.17) is 17.0 Å². The third-order valence-electron chi connectivity index (χ3n) is 3.25. The third kappa shape index (κ3) is 3.87. The molecule has 0 unspecified atom stereocenters. The van der Waals surface area contributed by atoms with Gasteiger partial charge in [0.25, 0.3) is 0 Å². The van der Waals surface area contributed by atoms with Gasteiger partial charge in [0.1, 0.15) is 5.75 Å². The second-order valence-electron chi connectivity index (χ2n) is 4.84. The normalized spacial score (nSPS) is 10.1. The van der Waals surface area contributed by atoms with Gasteiger partial charge in [-0.25, -0.2) is 0 Å². The van der Waals surface area contributed by atoms with Crippen molar-refractivity contribution in [1.29, 1.82) is 0 Å². The van der Waals surface area contributed by atoms with Crippen molar-refractivity contribution < 1.29 is 4.74 Å². The third-order valence-corrected chi connectivity index (χ3v) is 3.46. The minimum absolute atomic E-state index is 0.473. The number of aromatic amines is 1. The number of aromatic nitrogens is 2. The van der Waals surface area contributed by atoms with Crippen molar-refractivity contribution >= 4 is 28.8 Å². The Morgan fingerprint density at radius 1 is 1.04 bits per heavy atom. The van der Waals surface area contributed by atoms with E-state index < -0.39 is 0 Å². The summed E-state index contributed by atoms with van der Waals surface area (Å²) in [4.78, 5) is 0. The smallest absolute Gasteiger partial charge is 0.176 e. The fourth-order valence-electron chi connectivity index (χ4n) is 2.10. The second kappa shape index (κ2) is 6.93. The lowest BCUT2D eigenvalue weighted by molar-refractivity contribution is 0.415. The number of hydrogen-bond acceptors (Lipinski definition) is 3. The van der Waals surface area contributed by atoms with Crippen LogP contribution in [0.25, 0.3) is 11.3 Å². The molecule has 3 rings (SSSR count). The monoisotopic (exact) mass is 324 g/mol. The molecule has 0 radical (unpaired) electrons. The second-order valence-corrected chi connectivity index (χ2v) is 5.25. The van der Waals surface area contributed by atoms with Gasteiger partial charge in [-0.15, -0.1) is 0 Å². The number of methoxy groups -OCH3 is 1. The maximum Gasteiger partial charge on any atom is 0.176 e. The molecule has 0 saturated heterocycles. The Morgan fingerprint density at radius 2 is 1.78 bits per heavy atom. The number of nitrogens with one attached hydrogen (secondary N) is 3. The first-order valence-corrected chi connectivity index (χ1v) is 7.48. The first kappa shape index (κ1) is 15.1. The maximum absolute atomic E-state index is 5.30. The molecule has 23 heavy (non-hydrogen) atoms. The van der Waals surface area contributed by atoms with Crippen LogP contribution in [0.1, 0.15) is 0 Å². The highest BCUT2D eigenvalue weighted by Crippen LogP contribution is 2.19. The zero-order valence-electron chi connectivity index (χ0n) is 12.5. The van der Waals surface area contributed by atoms with Gasteiger partial charge >= 0.3 is 0 Å². The molecule has 3 aromatic rings. The van der Waals surface area contributed by atoms with E-state index in [1.54, 1.807) is 7.11 Å². The molecular weight excluding hydrogens is 308 g/mol. The Morgan fingerprint density at radius 3 is 2.48 bits per heavy atom. The van der Waals surface area contributed by atoms with Gasteiger partial charge < -0.3 is 15.4 Å². The minimum atomic E-state index is 0.473. The van der Waals surface area contributed by atoms with Gasteiger partial charge in [-0.05, 0) is 42.0 Å². The topological polar surface area (TPSA) is 62.0 Å². The van der Waals surface area contributed by atoms with Crippen molar-refractivity contribution in [3.8, 4) is 17.0 Å². The highest BCUT2D eigenvalue weighted by Gasteiger charge is 2.05. The Labute approximate surface area is 139 Å². The lowest BCUT2D eigenvalue weighted by Crippen LogP contribution is -2.19. The van der Waals surface area contributed by atoms with Gasteiger partial charge in [0.15, 0.2) is 10.9 Å². The van der Waals surface area contributed by atoms with Crippen molar-refractivity contribution in [3.63, 3.8) is 0 Å². The van der Waals surface area contributed by atoms with Gasteiger partial charge in [0, 0.05) is 11.8 Å². The molecule has 0 fully saturated rings. The van der Waals surface area contributed by atoms with Crippen molar-refractivity contribution in [1.82, 2.24) is 10.2 Å². The molecule has 5 nitrogen and oxygen atoms in total. The van der Waals surface area contributed by atoms with Crippen molar-refractivity contribution in [2.75, 3.05) is 17.7 Å². The van der Waals surface area contributed by atoms with E-state index in [0.717, 1.165) is 22.7 Å². The molecule has 6 heteroatoms. The van der Waals surface area contributed by atoms with Crippen LogP contribution in [-0.2, 0) is 0 Å². The fourth-order valence-corrected chi connectivity index (χ4v) is 2.33. The predicted octanol–water partition coefficient (Wildman–Crippen LogP) is 3.89. The SMILES string of the molecule is COc1ccc(NC(=S)Nc2cc(-c3ccccc3)[nH]n2)cc1. The summed E-state index contributed by atoms with van der Waals surface area (Å²) < 4.78 is 5.12. The van der Waals surface area contributed by atoms with Crippen LogP contribution < -0.4 is 15.4 Å². The largest absolute Gasteiger partial charge is 0.497 e. The Hall–Kier alpha value is -2.86. The number of thiocarbonyl (C=S) groups is 1. The summed E-state index contributed by atoms with van der Waals surface area (Å²) in [7, 11) is 1.64. The van der Waals surface area contributed by atoms with Gasteiger partial charge in [-0.3, -0.25) is 5.10 Å². The predicted molar refractivity (Wildman–Crippen MR) is 96.9 cm³/mol. The van der Waals surface area contributed by atoms with E-state index in [1.165, 1.54) is 0 Å². The Balaban J connectivity index is 1.63. The van der Waals surface area contributed by atoms with Crippen LogP contribution in [0.2, 0.25) is 0 Å². The fraction of sp³-hybridized carbons (Fsp3) is 0.0588. The molecule has 1 heterocycles. The summed E-state index contributed by atoms with van der Waals surface area (Å²) in [5.41, 5.74) is 2.88. The standard InChI is InChI=1S/C17H16N4OS/c1-22-14-9-7-13(8-10-14)18-17(23)19-16-11-15(20-21-16)12-5-3-2-4-6-12/h2-11H,1H3,(H3,18,19,20,21,23). The zero-order chi connectivity index (χ0) is 16.1. The van der Waals surface area contributed by atoms with E-state index in [-0.39, 0.29) is 0 Å². The molecule has 1 aromatic heterocycles. The molecule has 116 valence electrons. The lowest BCUT2D eigenvalue weighted by atomic mass is 10.2. The van der Waals surface area contributed by atoms with Gasteiger partial charge in [-0.2, -0.15) is 5.10 Å². The molecule has 0 aliphatic carbocycles. The molecule has 0 spiro atoms. The van der Waals surface area contributed by atoms with Crippen molar-refractivity contribution in [2.24, 2.45) is 0 Å². The van der Waals surface area contributed by atoms with E-state index in [1.807, 2.05) is 60.7 Å². The van der Waals surface area contributed by atoms with Crippen LogP contribution in [0.4, 0.5) is 11.5 Å². The van der Waals surface area contributed by atoms with E-state index in [0.29, 0.717) is 10.9 Å². The summed E-state index contributed by atoms with van der Waals surface area (Å²) >= 11 is 5.30. The number of ether oxygens (including phenoxy) is 1. The van der Waals surface area contributed by atoms with Gasteiger partial charge in [0.05, 0.1) is 12.8 Å². The highest BCUT2D eigenvalue weighted by molar-refractivity contribution is 7.80. The van der Waals surface area contributed by atoms with Crippen LogP contribution in [-0.4, -0.2) is 22.4 Å². The van der Waals surface area contributed by atoms with Crippen LogP contribution in [0.15, 0.2) is 60.7 Å². The summed E-state index contributed by atoms with van der Waals surface area (Å²) in [6.07, 6.45) is 0. The number of rotatable bonds is 4. The molecule has 0 amide bonds. The quantitative estimate of drug-likeness (QED) is 0.636. The van der Waals surface area contributed by atoms with E-state index >= 15 is 0 Å².